The van der Waals surface area contributed by atoms with Crippen LogP contribution in [0.3, 0.4) is 0 Å². The van der Waals surface area contributed by atoms with Crippen molar-refractivity contribution in [2.24, 2.45) is 5.84 Å². The molecule has 0 saturated carbocycles. The molecule has 0 heterocycles. The number of rotatable bonds is 0. The SMILES string of the molecule is [CH2]N(N)C(C)=O. The summed E-state index contributed by atoms with van der Waals surface area (Å²) in [7, 11) is 3.10. The van der Waals surface area contributed by atoms with Gasteiger partial charge in [-0.1, -0.05) is 0 Å². The van der Waals surface area contributed by atoms with Crippen molar-refractivity contribution in [3.05, 3.63) is 7.05 Å². The lowest BCUT2D eigenvalue weighted by Gasteiger charge is -2.01. The minimum absolute atomic E-state index is 0.241. The fourth-order valence-corrected chi connectivity index (χ4v) is 0. The van der Waals surface area contributed by atoms with E-state index in [0.29, 0.717) is 0 Å². The Bertz CT molecular complexity index is 59.8. The van der Waals surface area contributed by atoms with Crippen LogP contribution in [0.1, 0.15) is 6.92 Å². The van der Waals surface area contributed by atoms with Gasteiger partial charge in [-0.05, 0) is 0 Å². The van der Waals surface area contributed by atoms with E-state index in [0.717, 1.165) is 5.01 Å². The van der Waals surface area contributed by atoms with Crippen molar-refractivity contribution in [3.63, 3.8) is 0 Å². The number of carbonyl (C=O) groups excluding carboxylic acids is 1. The van der Waals surface area contributed by atoms with Gasteiger partial charge in [0.15, 0.2) is 0 Å². The molecule has 0 rings (SSSR count). The molecule has 0 saturated heterocycles. The third kappa shape index (κ3) is 1.72. The Morgan fingerprint density at radius 1 is 2.00 bits per heavy atom. The first-order chi connectivity index (χ1) is 2.64. The third-order valence-corrected chi connectivity index (χ3v) is 0.404. The van der Waals surface area contributed by atoms with E-state index in [1.165, 1.54) is 6.92 Å². The Morgan fingerprint density at radius 3 is 2.17 bits per heavy atom. The van der Waals surface area contributed by atoms with E-state index in [-0.39, 0.29) is 5.91 Å². The van der Waals surface area contributed by atoms with Crippen molar-refractivity contribution in [2.75, 3.05) is 0 Å². The summed E-state index contributed by atoms with van der Waals surface area (Å²) in [5.74, 6) is 4.57. The van der Waals surface area contributed by atoms with Gasteiger partial charge in [0.1, 0.15) is 0 Å². The highest BCUT2D eigenvalue weighted by Gasteiger charge is 1.88. The highest BCUT2D eigenvalue weighted by atomic mass is 16.2. The van der Waals surface area contributed by atoms with Crippen LogP contribution in [0.25, 0.3) is 0 Å². The minimum atomic E-state index is -0.241. The summed E-state index contributed by atoms with van der Waals surface area (Å²) in [6.45, 7) is 1.34. The molecular weight excluding hydrogens is 80.0 g/mol. The number of nitrogens with zero attached hydrogens (tertiary/aromatic N) is 1. The average Bonchev–Trinajstić information content (AvgIpc) is 1.36. The maximum atomic E-state index is 9.88. The molecule has 0 aromatic rings. The van der Waals surface area contributed by atoms with Gasteiger partial charge in [-0.2, -0.15) is 0 Å². The smallest absolute Gasteiger partial charge is 0.233 e. The molecule has 0 aromatic heterocycles. The van der Waals surface area contributed by atoms with Crippen LogP contribution >= 0.6 is 0 Å². The van der Waals surface area contributed by atoms with Crippen LogP contribution in [0.15, 0.2) is 0 Å². The third-order valence-electron chi connectivity index (χ3n) is 0.404. The van der Waals surface area contributed by atoms with E-state index in [4.69, 9.17) is 5.84 Å². The maximum absolute atomic E-state index is 9.88. The Labute approximate surface area is 36.7 Å². The van der Waals surface area contributed by atoms with Crippen molar-refractivity contribution in [1.82, 2.24) is 5.01 Å². The summed E-state index contributed by atoms with van der Waals surface area (Å²) in [5.41, 5.74) is 0. The van der Waals surface area contributed by atoms with Gasteiger partial charge in [-0.3, -0.25) is 9.80 Å². The first kappa shape index (κ1) is 5.43. The standard InChI is InChI=1S/C3H7N2O/c1-3(6)5(2)4/h2,4H2,1H3. The zero-order valence-electron chi connectivity index (χ0n) is 3.64. The van der Waals surface area contributed by atoms with Crippen LogP contribution in [0.4, 0.5) is 0 Å². The molecular formula is C3H7N2O. The van der Waals surface area contributed by atoms with Gasteiger partial charge in [-0.15, -0.1) is 0 Å². The van der Waals surface area contributed by atoms with Gasteiger partial charge >= 0.3 is 0 Å². The number of carbonyl (C=O) groups is 1. The molecule has 3 heteroatoms. The van der Waals surface area contributed by atoms with Crippen LogP contribution in [-0.4, -0.2) is 10.9 Å². The lowest BCUT2D eigenvalue weighted by molar-refractivity contribution is -0.126. The molecule has 0 fully saturated rings. The second-order valence-electron chi connectivity index (χ2n) is 0.989. The summed E-state index contributed by atoms with van der Waals surface area (Å²) in [6, 6.07) is 0. The van der Waals surface area contributed by atoms with Gasteiger partial charge in [0, 0.05) is 6.92 Å². The van der Waals surface area contributed by atoms with Crippen molar-refractivity contribution in [2.45, 2.75) is 6.92 Å². The highest BCUT2D eigenvalue weighted by Crippen LogP contribution is 1.67. The molecule has 0 aromatic carbocycles. The molecule has 0 bridgehead atoms. The topological polar surface area (TPSA) is 46.3 Å². The zero-order valence-corrected chi connectivity index (χ0v) is 3.64. The molecule has 2 N–H and O–H groups in total. The number of nitrogens with two attached hydrogens (primary N) is 1. The van der Waals surface area contributed by atoms with Crippen LogP contribution < -0.4 is 5.84 Å². The Kier molecular flexibility index (Phi) is 1.60. The second-order valence-corrected chi connectivity index (χ2v) is 0.989. The molecule has 0 spiro atoms. The van der Waals surface area contributed by atoms with Crippen LogP contribution in [0.2, 0.25) is 0 Å². The first-order valence-electron chi connectivity index (χ1n) is 1.50. The highest BCUT2D eigenvalue weighted by molar-refractivity contribution is 5.72. The lowest BCUT2D eigenvalue weighted by atomic mass is 10.7. The van der Waals surface area contributed by atoms with E-state index in [9.17, 15) is 4.79 Å². The molecule has 0 unspecified atom stereocenters. The normalized spacial score (nSPS) is 7.83. The van der Waals surface area contributed by atoms with Crippen molar-refractivity contribution in [3.8, 4) is 0 Å². The van der Waals surface area contributed by atoms with E-state index >= 15 is 0 Å². The Balaban J connectivity index is 3.26. The summed E-state index contributed by atoms with van der Waals surface area (Å²) in [6.07, 6.45) is 0. The molecule has 6 heavy (non-hydrogen) atoms. The van der Waals surface area contributed by atoms with Gasteiger partial charge in [-0.25, -0.2) is 5.84 Å². The van der Waals surface area contributed by atoms with E-state index in [1.54, 1.807) is 0 Å². The number of hydrogen-bond donors (Lipinski definition) is 1. The predicted octanol–water partition coefficient (Wildman–Crippen LogP) is -0.500. The maximum Gasteiger partial charge on any atom is 0.233 e. The van der Waals surface area contributed by atoms with Crippen LogP contribution in [0, 0.1) is 7.05 Å². The van der Waals surface area contributed by atoms with Crippen LogP contribution in [0.5, 0.6) is 0 Å². The van der Waals surface area contributed by atoms with Crippen molar-refractivity contribution in [1.29, 1.82) is 0 Å². The van der Waals surface area contributed by atoms with E-state index < -0.39 is 0 Å². The summed E-state index contributed by atoms with van der Waals surface area (Å²) >= 11 is 0. The number of hydrogen-bond acceptors (Lipinski definition) is 2. The molecule has 3 nitrogen and oxygen atoms in total. The first-order valence-corrected chi connectivity index (χ1v) is 1.50. The largest absolute Gasteiger partial charge is 0.279 e. The molecule has 35 valence electrons. The second kappa shape index (κ2) is 1.77. The number of hydrazine groups is 1. The van der Waals surface area contributed by atoms with Crippen molar-refractivity contribution >= 4 is 5.91 Å². The van der Waals surface area contributed by atoms with Crippen LogP contribution in [-0.2, 0) is 4.79 Å². The molecule has 0 atom stereocenters. The molecule has 0 aliphatic heterocycles. The van der Waals surface area contributed by atoms with Crippen molar-refractivity contribution < 1.29 is 4.79 Å². The average molecular weight is 87.1 g/mol. The molecule has 1 amide bonds. The monoisotopic (exact) mass is 87.1 g/mol. The lowest BCUT2D eigenvalue weighted by Crippen LogP contribution is -2.28. The Hall–Kier alpha value is -0.570. The van der Waals surface area contributed by atoms with Gasteiger partial charge in [0.2, 0.25) is 5.91 Å². The van der Waals surface area contributed by atoms with Gasteiger partial charge in [0.25, 0.3) is 0 Å². The molecule has 1 radical (unpaired) electrons. The Morgan fingerprint density at radius 2 is 2.17 bits per heavy atom. The zero-order chi connectivity index (χ0) is 5.15. The van der Waals surface area contributed by atoms with Gasteiger partial charge < -0.3 is 0 Å². The van der Waals surface area contributed by atoms with E-state index in [2.05, 4.69) is 7.05 Å². The number of amides is 1. The quantitative estimate of drug-likeness (QED) is 0.246. The molecule has 0 aliphatic carbocycles. The summed E-state index contributed by atoms with van der Waals surface area (Å²) < 4.78 is 0. The fourth-order valence-electron chi connectivity index (χ4n) is 0. The summed E-state index contributed by atoms with van der Waals surface area (Å²) in [4.78, 5) is 9.88. The van der Waals surface area contributed by atoms with E-state index in [1.807, 2.05) is 0 Å². The minimum Gasteiger partial charge on any atom is -0.279 e. The fraction of sp³-hybridized carbons (Fsp3) is 0.333. The van der Waals surface area contributed by atoms with Gasteiger partial charge in [0.05, 0.1) is 7.05 Å². The summed E-state index contributed by atoms with van der Waals surface area (Å²) in [5, 5.41) is 0.778. The molecule has 0 aliphatic rings. The predicted molar refractivity (Wildman–Crippen MR) is 22.1 cm³/mol.